The maximum atomic E-state index is 12.4. The third kappa shape index (κ3) is 4.13. The lowest BCUT2D eigenvalue weighted by Crippen LogP contribution is -2.36. The molecule has 1 aliphatic heterocycles. The van der Waals surface area contributed by atoms with Gasteiger partial charge in [0.2, 0.25) is 0 Å². The molecule has 0 aliphatic carbocycles. The van der Waals surface area contributed by atoms with Gasteiger partial charge in [0, 0.05) is 16.8 Å². The van der Waals surface area contributed by atoms with E-state index in [4.69, 9.17) is 16.3 Å². The Morgan fingerprint density at radius 3 is 2.60 bits per heavy atom. The van der Waals surface area contributed by atoms with Gasteiger partial charge in [0.15, 0.2) is 6.61 Å². The van der Waals surface area contributed by atoms with Crippen LogP contribution < -0.4 is 5.32 Å². The van der Waals surface area contributed by atoms with E-state index < -0.39 is 47.5 Å². The summed E-state index contributed by atoms with van der Waals surface area (Å²) in [6, 6.07) is 8.47. The molecule has 154 valence electrons. The summed E-state index contributed by atoms with van der Waals surface area (Å²) in [5, 5.41) is 14.0. The molecule has 3 amide bonds. The van der Waals surface area contributed by atoms with Gasteiger partial charge < -0.3 is 10.1 Å². The summed E-state index contributed by atoms with van der Waals surface area (Å²) in [6.07, 6.45) is 0. The van der Waals surface area contributed by atoms with Gasteiger partial charge in [0.25, 0.3) is 23.4 Å². The number of carbonyl (C=O) groups excluding carboxylic acids is 4. The van der Waals surface area contributed by atoms with Gasteiger partial charge in [-0.3, -0.25) is 34.2 Å². The van der Waals surface area contributed by atoms with Crippen LogP contribution in [0, 0.1) is 17.0 Å². The summed E-state index contributed by atoms with van der Waals surface area (Å²) in [6.45, 7) is 0.352. The van der Waals surface area contributed by atoms with E-state index in [0.717, 1.165) is 11.6 Å². The van der Waals surface area contributed by atoms with Crippen molar-refractivity contribution in [1.82, 2.24) is 4.90 Å². The highest BCUT2D eigenvalue weighted by Crippen LogP contribution is 2.30. The van der Waals surface area contributed by atoms with Crippen molar-refractivity contribution in [3.63, 3.8) is 0 Å². The number of nitrogens with zero attached hydrogens (tertiary/aromatic N) is 2. The molecule has 0 aromatic heterocycles. The van der Waals surface area contributed by atoms with Gasteiger partial charge in [-0.1, -0.05) is 23.7 Å². The van der Waals surface area contributed by atoms with Crippen LogP contribution in [0.4, 0.5) is 11.4 Å². The number of hydrogen-bond acceptors (Lipinski definition) is 7. The molecule has 10 nitrogen and oxygen atoms in total. The van der Waals surface area contributed by atoms with E-state index in [2.05, 4.69) is 5.32 Å². The number of hydrogen-bond donors (Lipinski definition) is 1. The third-order valence-corrected chi connectivity index (χ3v) is 4.69. The van der Waals surface area contributed by atoms with Crippen LogP contribution in [0.5, 0.6) is 0 Å². The summed E-state index contributed by atoms with van der Waals surface area (Å²) in [7, 11) is 0. The molecule has 2 aromatic rings. The Morgan fingerprint density at radius 1 is 1.20 bits per heavy atom. The molecule has 0 spiro atoms. The van der Waals surface area contributed by atoms with E-state index >= 15 is 0 Å². The zero-order valence-electron chi connectivity index (χ0n) is 15.5. The highest BCUT2D eigenvalue weighted by atomic mass is 35.5. The van der Waals surface area contributed by atoms with Crippen LogP contribution in [0.1, 0.15) is 26.3 Å². The first-order chi connectivity index (χ1) is 14.2. The number of ether oxygens (including phenoxy) is 1. The van der Waals surface area contributed by atoms with E-state index in [1.807, 2.05) is 0 Å². The molecule has 11 heteroatoms. The fraction of sp³-hybridized carbons (Fsp3) is 0.158. The zero-order chi connectivity index (χ0) is 22.0. The van der Waals surface area contributed by atoms with E-state index in [0.29, 0.717) is 15.6 Å². The van der Waals surface area contributed by atoms with Crippen LogP contribution in [0.2, 0.25) is 5.02 Å². The third-order valence-electron chi connectivity index (χ3n) is 4.28. The number of rotatable bonds is 6. The average molecular weight is 432 g/mol. The summed E-state index contributed by atoms with van der Waals surface area (Å²) in [5.74, 6) is -3.50. The van der Waals surface area contributed by atoms with E-state index in [-0.39, 0.29) is 11.1 Å². The number of halogens is 1. The maximum Gasteiger partial charge on any atom is 0.326 e. The number of esters is 1. The molecule has 1 heterocycles. The van der Waals surface area contributed by atoms with Crippen molar-refractivity contribution in [2.75, 3.05) is 18.5 Å². The average Bonchev–Trinajstić information content (AvgIpc) is 2.94. The topological polar surface area (TPSA) is 136 Å². The van der Waals surface area contributed by atoms with Gasteiger partial charge in [-0.15, -0.1) is 0 Å². The van der Waals surface area contributed by atoms with Crippen molar-refractivity contribution in [2.24, 2.45) is 0 Å². The van der Waals surface area contributed by atoms with Crippen molar-refractivity contribution in [1.29, 1.82) is 0 Å². The minimum atomic E-state index is -1.02. The predicted octanol–water partition coefficient (Wildman–Crippen LogP) is 2.33. The van der Waals surface area contributed by atoms with Gasteiger partial charge in [0.05, 0.1) is 10.5 Å². The van der Waals surface area contributed by atoms with Crippen molar-refractivity contribution < 1.29 is 28.8 Å². The van der Waals surface area contributed by atoms with Crippen molar-refractivity contribution in [2.45, 2.75) is 6.92 Å². The first-order valence-electron chi connectivity index (χ1n) is 8.54. The van der Waals surface area contributed by atoms with Gasteiger partial charge >= 0.3 is 5.97 Å². The lowest BCUT2D eigenvalue weighted by atomic mass is 10.1. The normalized spacial score (nSPS) is 12.5. The highest BCUT2D eigenvalue weighted by molar-refractivity contribution is 6.31. The second-order valence-electron chi connectivity index (χ2n) is 6.33. The Morgan fingerprint density at radius 2 is 1.93 bits per heavy atom. The molecular formula is C19H14ClN3O7. The highest BCUT2D eigenvalue weighted by Gasteiger charge is 2.41. The van der Waals surface area contributed by atoms with Gasteiger partial charge in [-0.05, 0) is 30.7 Å². The summed E-state index contributed by atoms with van der Waals surface area (Å²) in [5.41, 5.74) is 0.143. The number of nitrogens with one attached hydrogen (secondary N) is 1. The lowest BCUT2D eigenvalue weighted by Gasteiger charge is -2.13. The standard InChI is InChI=1S/C19H14ClN3O7/c1-10-5-6-11(7-13(10)20)21-15(24)9-30-16(25)8-22-18(26)12-3-2-4-14(23(28)29)17(12)19(22)27/h2-7H,8-9H2,1H3,(H,21,24). The van der Waals surface area contributed by atoms with Crippen LogP contribution in [0.15, 0.2) is 36.4 Å². The number of aryl methyl sites for hydroxylation is 1. The SMILES string of the molecule is Cc1ccc(NC(=O)COC(=O)CN2C(=O)c3cccc([N+](=O)[O-])c3C2=O)cc1Cl. The predicted molar refractivity (Wildman–Crippen MR) is 104 cm³/mol. The Bertz CT molecular complexity index is 1100. The zero-order valence-corrected chi connectivity index (χ0v) is 16.3. The van der Waals surface area contributed by atoms with Gasteiger partial charge in [-0.2, -0.15) is 0 Å². The molecule has 1 N–H and O–H groups in total. The minimum absolute atomic E-state index is 0.170. The molecular weight excluding hydrogens is 418 g/mol. The summed E-state index contributed by atoms with van der Waals surface area (Å²) < 4.78 is 4.80. The number of imide groups is 1. The first kappa shape index (κ1) is 20.9. The first-order valence-corrected chi connectivity index (χ1v) is 8.92. The molecule has 0 bridgehead atoms. The molecule has 1 aliphatic rings. The maximum absolute atomic E-state index is 12.4. The van der Waals surface area contributed by atoms with E-state index in [1.54, 1.807) is 19.1 Å². The van der Waals surface area contributed by atoms with Crippen LogP contribution >= 0.6 is 11.6 Å². The Kier molecular flexibility index (Phi) is 5.79. The molecule has 0 unspecified atom stereocenters. The summed E-state index contributed by atoms with van der Waals surface area (Å²) in [4.78, 5) is 59.5. The van der Waals surface area contributed by atoms with Gasteiger partial charge in [-0.25, -0.2) is 0 Å². The van der Waals surface area contributed by atoms with Crippen molar-refractivity contribution >= 4 is 46.7 Å². The number of carbonyl (C=O) groups is 4. The molecule has 0 radical (unpaired) electrons. The Labute approximate surface area is 174 Å². The number of fused-ring (bicyclic) bond motifs is 1. The molecule has 0 atom stereocenters. The van der Waals surface area contributed by atoms with E-state index in [1.165, 1.54) is 18.2 Å². The minimum Gasteiger partial charge on any atom is -0.454 e. The number of benzene rings is 2. The fourth-order valence-corrected chi connectivity index (χ4v) is 2.98. The van der Waals surface area contributed by atoms with Crippen molar-refractivity contribution in [3.8, 4) is 0 Å². The second kappa shape index (κ2) is 8.29. The van der Waals surface area contributed by atoms with Crippen LogP contribution in [-0.2, 0) is 14.3 Å². The number of anilines is 1. The van der Waals surface area contributed by atoms with Crippen LogP contribution in [-0.4, -0.2) is 46.7 Å². The van der Waals surface area contributed by atoms with Crippen LogP contribution in [0.3, 0.4) is 0 Å². The molecule has 30 heavy (non-hydrogen) atoms. The Hall–Kier alpha value is -3.79. The van der Waals surface area contributed by atoms with Gasteiger partial charge in [0.1, 0.15) is 12.1 Å². The molecule has 2 aromatic carbocycles. The van der Waals surface area contributed by atoms with E-state index in [9.17, 15) is 29.3 Å². The number of amides is 3. The second-order valence-corrected chi connectivity index (χ2v) is 6.73. The Balaban J connectivity index is 1.60. The molecule has 0 saturated carbocycles. The summed E-state index contributed by atoms with van der Waals surface area (Å²) >= 11 is 5.97. The smallest absolute Gasteiger partial charge is 0.326 e. The molecule has 3 rings (SSSR count). The number of nitro benzene ring substituents is 1. The quantitative estimate of drug-likeness (QED) is 0.321. The van der Waals surface area contributed by atoms with Crippen molar-refractivity contribution in [3.05, 3.63) is 68.2 Å². The molecule has 0 fully saturated rings. The number of nitro groups is 1. The lowest BCUT2D eigenvalue weighted by molar-refractivity contribution is -0.385. The monoisotopic (exact) mass is 431 g/mol. The molecule has 0 saturated heterocycles. The van der Waals surface area contributed by atoms with Crippen LogP contribution in [0.25, 0.3) is 0 Å². The fourth-order valence-electron chi connectivity index (χ4n) is 2.80. The largest absolute Gasteiger partial charge is 0.454 e.